The third-order valence-electron chi connectivity index (χ3n) is 4.42. The maximum Gasteiger partial charge on any atom is 0.0876 e. The average molecular weight is 244 g/mol. The highest BCUT2D eigenvalue weighted by molar-refractivity contribution is 6.91. The van der Waals surface area contributed by atoms with E-state index in [-0.39, 0.29) is 0 Å². The summed E-state index contributed by atoms with van der Waals surface area (Å²) in [6.45, 7) is 7.31. The molecule has 1 atom stereocenters. The maximum atomic E-state index is 2.54. The predicted molar refractivity (Wildman–Crippen MR) is 79.5 cm³/mol. The van der Waals surface area contributed by atoms with Crippen LogP contribution in [-0.4, -0.2) is 8.07 Å². The van der Waals surface area contributed by atoms with Crippen molar-refractivity contribution in [1.29, 1.82) is 0 Å². The largest absolute Gasteiger partial charge is 0.0885 e. The lowest BCUT2D eigenvalue weighted by atomic mass is 9.94. The fourth-order valence-electron chi connectivity index (χ4n) is 3.28. The Morgan fingerprint density at radius 3 is 2.47 bits per heavy atom. The topological polar surface area (TPSA) is 0 Å². The first-order valence-electron chi connectivity index (χ1n) is 6.87. The van der Waals surface area contributed by atoms with Gasteiger partial charge in [-0.1, -0.05) is 66.7 Å². The molecule has 1 saturated carbocycles. The van der Waals surface area contributed by atoms with Crippen molar-refractivity contribution in [3.8, 4) is 0 Å². The molecule has 0 aromatic heterocycles. The van der Waals surface area contributed by atoms with Gasteiger partial charge < -0.3 is 0 Å². The average Bonchev–Trinajstić information content (AvgIpc) is 2.39. The van der Waals surface area contributed by atoms with Gasteiger partial charge in [0.15, 0.2) is 0 Å². The second-order valence-electron chi connectivity index (χ2n) is 5.75. The van der Waals surface area contributed by atoms with Gasteiger partial charge in [-0.3, -0.25) is 0 Å². The lowest BCUT2D eigenvalue weighted by molar-refractivity contribution is 0.588. The molecule has 1 aromatic rings. The number of hydrogen-bond acceptors (Lipinski definition) is 0. The Morgan fingerprint density at radius 1 is 1.12 bits per heavy atom. The maximum absolute atomic E-state index is 2.54. The first-order chi connectivity index (χ1) is 8.16. The summed E-state index contributed by atoms with van der Waals surface area (Å²) < 4.78 is 0. The fourth-order valence-corrected chi connectivity index (χ4v) is 6.89. The van der Waals surface area contributed by atoms with Crippen molar-refractivity contribution in [3.05, 3.63) is 42.0 Å². The molecule has 1 heteroatoms. The van der Waals surface area contributed by atoms with Crippen molar-refractivity contribution in [2.45, 2.75) is 51.2 Å². The molecular formula is C16H24Si. The number of benzene rings is 1. The standard InChI is InChI=1S/C16H24Si/c1-4-14-10-8-9-13-16(14)17(2,3)15-11-6-5-7-12-15/h4-7,11-12,16H,8-10,13H2,1-3H3/b14-4-. The first kappa shape index (κ1) is 12.6. The Hall–Kier alpha value is -0.823. The van der Waals surface area contributed by atoms with Crippen LogP contribution in [0.4, 0.5) is 0 Å². The molecule has 2 rings (SSSR count). The van der Waals surface area contributed by atoms with Crippen molar-refractivity contribution >= 4 is 13.3 Å². The molecule has 0 aliphatic heterocycles. The fraction of sp³-hybridized carbons (Fsp3) is 0.500. The highest BCUT2D eigenvalue weighted by Gasteiger charge is 2.36. The summed E-state index contributed by atoms with van der Waals surface area (Å²) in [5, 5.41) is 1.62. The Bertz CT molecular complexity index is 389. The Morgan fingerprint density at radius 2 is 1.82 bits per heavy atom. The minimum absolute atomic E-state index is 0.864. The van der Waals surface area contributed by atoms with Gasteiger partial charge >= 0.3 is 0 Å². The van der Waals surface area contributed by atoms with Crippen LogP contribution in [0.1, 0.15) is 32.6 Å². The van der Waals surface area contributed by atoms with E-state index in [0.717, 1.165) is 5.54 Å². The van der Waals surface area contributed by atoms with Gasteiger partial charge in [0.05, 0.1) is 8.07 Å². The molecule has 1 fully saturated rings. The van der Waals surface area contributed by atoms with Crippen LogP contribution in [0.5, 0.6) is 0 Å². The third-order valence-corrected chi connectivity index (χ3v) is 8.64. The summed E-state index contributed by atoms with van der Waals surface area (Å²) in [5.74, 6) is 0. The summed E-state index contributed by atoms with van der Waals surface area (Å²) in [7, 11) is -1.33. The Kier molecular flexibility index (Phi) is 3.88. The summed E-state index contributed by atoms with van der Waals surface area (Å²) >= 11 is 0. The minimum atomic E-state index is -1.33. The molecular weight excluding hydrogens is 220 g/mol. The highest BCUT2D eigenvalue weighted by atomic mass is 28.3. The normalized spacial score (nSPS) is 23.9. The first-order valence-corrected chi connectivity index (χ1v) is 9.94. The number of rotatable bonds is 2. The monoisotopic (exact) mass is 244 g/mol. The van der Waals surface area contributed by atoms with Crippen LogP contribution in [0.3, 0.4) is 0 Å². The van der Waals surface area contributed by atoms with Crippen molar-refractivity contribution in [3.63, 3.8) is 0 Å². The van der Waals surface area contributed by atoms with E-state index in [0.29, 0.717) is 0 Å². The lowest BCUT2D eigenvalue weighted by Crippen LogP contribution is -2.47. The molecule has 1 aromatic carbocycles. The lowest BCUT2D eigenvalue weighted by Gasteiger charge is -2.38. The van der Waals surface area contributed by atoms with Crippen LogP contribution in [0.2, 0.25) is 18.6 Å². The smallest absolute Gasteiger partial charge is 0.0876 e. The van der Waals surface area contributed by atoms with Gasteiger partial charge in [0.1, 0.15) is 0 Å². The molecule has 1 aliphatic rings. The molecule has 0 bridgehead atoms. The molecule has 0 nitrogen and oxygen atoms in total. The van der Waals surface area contributed by atoms with Crippen molar-refractivity contribution in [1.82, 2.24) is 0 Å². The van der Waals surface area contributed by atoms with Crippen LogP contribution < -0.4 is 5.19 Å². The second-order valence-corrected chi connectivity index (χ2v) is 10.5. The van der Waals surface area contributed by atoms with E-state index in [1.165, 1.54) is 25.7 Å². The summed E-state index contributed by atoms with van der Waals surface area (Å²) in [4.78, 5) is 0. The van der Waals surface area contributed by atoms with E-state index in [9.17, 15) is 0 Å². The summed E-state index contributed by atoms with van der Waals surface area (Å²) in [6.07, 6.45) is 7.96. The molecule has 1 unspecified atom stereocenters. The van der Waals surface area contributed by atoms with E-state index in [4.69, 9.17) is 0 Å². The van der Waals surface area contributed by atoms with Gasteiger partial charge in [0.2, 0.25) is 0 Å². The molecule has 0 N–H and O–H groups in total. The molecule has 0 heterocycles. The third kappa shape index (κ3) is 2.55. The van der Waals surface area contributed by atoms with E-state index < -0.39 is 8.07 Å². The molecule has 0 saturated heterocycles. The zero-order chi connectivity index (χ0) is 12.3. The van der Waals surface area contributed by atoms with Gasteiger partial charge in [0, 0.05) is 0 Å². The Balaban J connectivity index is 2.31. The minimum Gasteiger partial charge on any atom is -0.0885 e. The SMILES string of the molecule is C/C=C1/CCCCC1[Si](C)(C)c1ccccc1. The highest BCUT2D eigenvalue weighted by Crippen LogP contribution is 2.40. The van der Waals surface area contributed by atoms with Crippen LogP contribution in [-0.2, 0) is 0 Å². The zero-order valence-electron chi connectivity index (χ0n) is 11.4. The van der Waals surface area contributed by atoms with Gasteiger partial charge in [-0.15, -0.1) is 0 Å². The van der Waals surface area contributed by atoms with E-state index >= 15 is 0 Å². The van der Waals surface area contributed by atoms with E-state index in [2.05, 4.69) is 56.4 Å². The second kappa shape index (κ2) is 5.22. The number of allylic oxidation sites excluding steroid dienone is 2. The van der Waals surface area contributed by atoms with Gasteiger partial charge in [0.25, 0.3) is 0 Å². The van der Waals surface area contributed by atoms with Crippen LogP contribution in [0, 0.1) is 0 Å². The van der Waals surface area contributed by atoms with Gasteiger partial charge in [-0.2, -0.15) is 0 Å². The summed E-state index contributed by atoms with van der Waals surface area (Å²) in [5.41, 5.74) is 2.60. The van der Waals surface area contributed by atoms with Crippen LogP contribution >= 0.6 is 0 Å². The quantitative estimate of drug-likeness (QED) is 0.531. The molecule has 17 heavy (non-hydrogen) atoms. The predicted octanol–water partition coefficient (Wildman–Crippen LogP) is 4.49. The van der Waals surface area contributed by atoms with Crippen molar-refractivity contribution < 1.29 is 0 Å². The molecule has 0 spiro atoms. The van der Waals surface area contributed by atoms with Gasteiger partial charge in [-0.05, 0) is 31.7 Å². The summed E-state index contributed by atoms with van der Waals surface area (Å²) in [6, 6.07) is 11.2. The van der Waals surface area contributed by atoms with E-state index in [1.54, 1.807) is 10.8 Å². The van der Waals surface area contributed by atoms with Gasteiger partial charge in [-0.25, -0.2) is 0 Å². The molecule has 92 valence electrons. The number of hydrogen-bond donors (Lipinski definition) is 0. The van der Waals surface area contributed by atoms with Crippen LogP contribution in [0.25, 0.3) is 0 Å². The van der Waals surface area contributed by atoms with Crippen molar-refractivity contribution in [2.75, 3.05) is 0 Å². The van der Waals surface area contributed by atoms with E-state index in [1.807, 2.05) is 0 Å². The zero-order valence-corrected chi connectivity index (χ0v) is 12.4. The van der Waals surface area contributed by atoms with Crippen LogP contribution in [0.15, 0.2) is 42.0 Å². The van der Waals surface area contributed by atoms with Crippen molar-refractivity contribution in [2.24, 2.45) is 0 Å². The molecule has 0 amide bonds. The molecule has 0 radical (unpaired) electrons. The Labute approximate surface area is 107 Å². The molecule has 1 aliphatic carbocycles.